The lowest BCUT2D eigenvalue weighted by atomic mass is 10.1. The molecule has 0 radical (unpaired) electrons. The van der Waals surface area contributed by atoms with Crippen molar-refractivity contribution in [1.82, 2.24) is 4.90 Å². The molecule has 1 aliphatic rings. The van der Waals surface area contributed by atoms with Crippen LogP contribution in [-0.2, 0) is 11.4 Å². The summed E-state index contributed by atoms with van der Waals surface area (Å²) < 4.78 is 6.13. The van der Waals surface area contributed by atoms with Gasteiger partial charge in [0, 0.05) is 17.1 Å². The predicted octanol–water partition coefficient (Wildman–Crippen LogP) is 7.49. The van der Waals surface area contributed by atoms with Gasteiger partial charge in [0.2, 0.25) is 0 Å². The highest BCUT2D eigenvalue weighted by Gasteiger charge is 2.34. The Morgan fingerprint density at radius 3 is 2.56 bits per heavy atom. The van der Waals surface area contributed by atoms with Gasteiger partial charge in [-0.3, -0.25) is 9.69 Å². The van der Waals surface area contributed by atoms with Crippen LogP contribution in [0.2, 0.25) is 5.02 Å². The van der Waals surface area contributed by atoms with Crippen molar-refractivity contribution in [2.24, 2.45) is 10.9 Å². The predicted molar refractivity (Wildman–Crippen MR) is 143 cm³/mol. The number of halogens is 1. The first-order valence-corrected chi connectivity index (χ1v) is 12.4. The van der Waals surface area contributed by atoms with Crippen LogP contribution in [0, 0.1) is 12.8 Å². The third kappa shape index (κ3) is 6.10. The molecule has 0 spiro atoms. The van der Waals surface area contributed by atoms with Crippen LogP contribution in [0.15, 0.2) is 82.7 Å². The Kier molecular flexibility index (Phi) is 7.76. The maximum absolute atomic E-state index is 13.3. The number of carbonyl (C=O) groups excluding carboxylic acids is 1. The highest BCUT2D eigenvalue weighted by atomic mass is 35.5. The fraction of sp³-hybridized carbons (Fsp3) is 0.214. The largest absolute Gasteiger partial charge is 0.488 e. The molecular formula is C28H27ClN2O2S. The van der Waals surface area contributed by atoms with Crippen LogP contribution in [-0.4, -0.2) is 22.5 Å². The summed E-state index contributed by atoms with van der Waals surface area (Å²) in [6, 6.07) is 23.3. The Bertz CT molecular complexity index is 1240. The molecule has 4 rings (SSSR count). The van der Waals surface area contributed by atoms with E-state index in [4.69, 9.17) is 21.3 Å². The van der Waals surface area contributed by atoms with E-state index in [0.717, 1.165) is 22.6 Å². The molecule has 0 N–H and O–H groups in total. The Morgan fingerprint density at radius 1 is 1.06 bits per heavy atom. The Labute approximate surface area is 210 Å². The Morgan fingerprint density at radius 2 is 1.82 bits per heavy atom. The van der Waals surface area contributed by atoms with Crippen LogP contribution in [0.4, 0.5) is 5.69 Å². The van der Waals surface area contributed by atoms with Gasteiger partial charge in [-0.05, 0) is 66.6 Å². The number of carbonyl (C=O) groups is 1. The van der Waals surface area contributed by atoms with Gasteiger partial charge >= 0.3 is 0 Å². The average molecular weight is 491 g/mol. The third-order valence-corrected chi connectivity index (χ3v) is 6.43. The number of hydrogen-bond donors (Lipinski definition) is 0. The number of thioether (sulfide) groups is 1. The number of benzene rings is 3. The second-order valence-corrected chi connectivity index (χ2v) is 10.1. The Balaban J connectivity index is 1.61. The molecule has 1 amide bonds. The maximum Gasteiger partial charge on any atom is 0.266 e. The van der Waals surface area contributed by atoms with Crippen molar-refractivity contribution in [1.29, 1.82) is 0 Å². The van der Waals surface area contributed by atoms with Crippen molar-refractivity contribution in [3.05, 3.63) is 99.4 Å². The molecule has 1 saturated heterocycles. The fourth-order valence-corrected chi connectivity index (χ4v) is 4.70. The summed E-state index contributed by atoms with van der Waals surface area (Å²) in [5.41, 5.74) is 3.93. The molecule has 174 valence electrons. The van der Waals surface area contributed by atoms with E-state index in [0.29, 0.717) is 34.2 Å². The number of para-hydroxylation sites is 1. The van der Waals surface area contributed by atoms with E-state index < -0.39 is 0 Å². The molecule has 0 unspecified atom stereocenters. The summed E-state index contributed by atoms with van der Waals surface area (Å²) in [5.74, 6) is 1.01. The minimum Gasteiger partial charge on any atom is -0.488 e. The first kappa shape index (κ1) is 24.1. The summed E-state index contributed by atoms with van der Waals surface area (Å²) in [6.07, 6.45) is 1.90. The van der Waals surface area contributed by atoms with Gasteiger partial charge in [-0.15, -0.1) is 0 Å². The molecule has 1 fully saturated rings. The molecule has 0 aliphatic carbocycles. The molecule has 6 heteroatoms. The first-order chi connectivity index (χ1) is 16.4. The van der Waals surface area contributed by atoms with Crippen LogP contribution in [0.5, 0.6) is 5.75 Å². The lowest BCUT2D eigenvalue weighted by Gasteiger charge is -2.17. The molecule has 4 nitrogen and oxygen atoms in total. The minimum atomic E-state index is -0.0418. The lowest BCUT2D eigenvalue weighted by Crippen LogP contribution is -2.32. The standard InChI is InChI=1S/C28H27ClN2O2S/c1-19(2)17-31-27(32)26(34-28(31)30-24-13-11-23(29)12-14-24)16-22-9-4-5-10-25(22)33-18-21-8-6-7-20(3)15-21/h4-16,19H,17-18H2,1-3H3/b26-16-,30-28?. The van der Waals surface area contributed by atoms with Gasteiger partial charge in [-0.25, -0.2) is 4.99 Å². The van der Waals surface area contributed by atoms with Crippen molar-refractivity contribution in [3.63, 3.8) is 0 Å². The number of rotatable bonds is 7. The SMILES string of the molecule is Cc1cccc(COc2ccccc2/C=C2\SC(=Nc3ccc(Cl)cc3)N(CC(C)C)C2=O)c1. The highest BCUT2D eigenvalue weighted by Crippen LogP contribution is 2.36. The van der Waals surface area contributed by atoms with Crippen molar-refractivity contribution >= 4 is 46.2 Å². The van der Waals surface area contributed by atoms with Crippen LogP contribution in [0.25, 0.3) is 6.08 Å². The van der Waals surface area contributed by atoms with Crippen LogP contribution in [0.1, 0.15) is 30.5 Å². The van der Waals surface area contributed by atoms with Gasteiger partial charge in [0.1, 0.15) is 12.4 Å². The number of nitrogens with zero attached hydrogens (tertiary/aromatic N) is 2. The van der Waals surface area contributed by atoms with E-state index in [-0.39, 0.29) is 5.91 Å². The number of ether oxygens (including phenoxy) is 1. The van der Waals surface area contributed by atoms with Crippen molar-refractivity contribution in [3.8, 4) is 5.75 Å². The summed E-state index contributed by atoms with van der Waals surface area (Å²) in [5, 5.41) is 1.33. The van der Waals surface area contributed by atoms with Crippen LogP contribution < -0.4 is 4.74 Å². The van der Waals surface area contributed by atoms with E-state index >= 15 is 0 Å². The molecular weight excluding hydrogens is 464 g/mol. The zero-order valence-electron chi connectivity index (χ0n) is 19.5. The molecule has 34 heavy (non-hydrogen) atoms. The third-order valence-electron chi connectivity index (χ3n) is 5.17. The van der Waals surface area contributed by atoms with E-state index in [1.807, 2.05) is 54.6 Å². The molecule has 0 saturated carbocycles. The molecule has 3 aromatic rings. The normalized spacial score (nSPS) is 16.1. The topological polar surface area (TPSA) is 41.9 Å². The molecule has 0 bridgehead atoms. The first-order valence-electron chi connectivity index (χ1n) is 11.2. The van der Waals surface area contributed by atoms with Gasteiger partial charge in [0.25, 0.3) is 5.91 Å². The molecule has 1 heterocycles. The zero-order valence-corrected chi connectivity index (χ0v) is 21.1. The minimum absolute atomic E-state index is 0.0418. The van der Waals surface area contributed by atoms with Crippen molar-refractivity contribution < 1.29 is 9.53 Å². The fourth-order valence-electron chi connectivity index (χ4n) is 3.58. The van der Waals surface area contributed by atoms with Gasteiger partial charge in [0.15, 0.2) is 5.17 Å². The Hall–Kier alpha value is -3.02. The number of hydrogen-bond acceptors (Lipinski definition) is 4. The van der Waals surface area contributed by atoms with E-state index in [2.05, 4.69) is 32.9 Å². The molecule has 1 aliphatic heterocycles. The summed E-state index contributed by atoms with van der Waals surface area (Å²) in [6.45, 7) is 7.31. The summed E-state index contributed by atoms with van der Waals surface area (Å²) in [4.78, 5) is 20.4. The maximum atomic E-state index is 13.3. The van der Waals surface area contributed by atoms with E-state index in [9.17, 15) is 4.79 Å². The van der Waals surface area contributed by atoms with Crippen molar-refractivity contribution in [2.75, 3.05) is 6.54 Å². The van der Waals surface area contributed by atoms with Crippen LogP contribution in [0.3, 0.4) is 0 Å². The molecule has 3 aromatic carbocycles. The quantitative estimate of drug-likeness (QED) is 0.322. The summed E-state index contributed by atoms with van der Waals surface area (Å²) in [7, 11) is 0. The second kappa shape index (κ2) is 10.9. The van der Waals surface area contributed by atoms with Crippen LogP contribution >= 0.6 is 23.4 Å². The molecule has 0 atom stereocenters. The van der Waals surface area contributed by atoms with Crippen molar-refractivity contribution in [2.45, 2.75) is 27.4 Å². The average Bonchev–Trinajstić information content (AvgIpc) is 3.08. The van der Waals surface area contributed by atoms with E-state index in [1.165, 1.54) is 17.3 Å². The lowest BCUT2D eigenvalue weighted by molar-refractivity contribution is -0.122. The van der Waals surface area contributed by atoms with Gasteiger partial charge in [-0.2, -0.15) is 0 Å². The highest BCUT2D eigenvalue weighted by molar-refractivity contribution is 8.18. The van der Waals surface area contributed by atoms with E-state index in [1.54, 1.807) is 17.0 Å². The summed E-state index contributed by atoms with van der Waals surface area (Å²) >= 11 is 7.40. The second-order valence-electron chi connectivity index (χ2n) is 8.61. The van der Waals surface area contributed by atoms with Gasteiger partial charge in [-0.1, -0.05) is 73.5 Å². The smallest absolute Gasteiger partial charge is 0.266 e. The molecule has 0 aromatic heterocycles. The number of amides is 1. The number of aryl methyl sites for hydroxylation is 1. The zero-order chi connectivity index (χ0) is 24.1. The van der Waals surface area contributed by atoms with Gasteiger partial charge < -0.3 is 4.74 Å². The monoisotopic (exact) mass is 490 g/mol. The number of aliphatic imine (C=N–C) groups is 1. The number of amidine groups is 1. The van der Waals surface area contributed by atoms with Gasteiger partial charge in [0.05, 0.1) is 10.6 Å².